The number of nitrogens with one attached hydrogen (secondary N) is 10. The number of rotatable bonds is 21. The second kappa shape index (κ2) is 32.7. The van der Waals surface area contributed by atoms with Crippen LogP contribution in [0.3, 0.4) is 0 Å². The van der Waals surface area contributed by atoms with Crippen LogP contribution in [0.15, 0.2) is 30.3 Å². The van der Waals surface area contributed by atoms with E-state index in [4.69, 9.17) is 28.0 Å². The molecule has 0 bridgehead atoms. The van der Waals surface area contributed by atoms with Crippen molar-refractivity contribution >= 4 is 59.1 Å². The lowest BCUT2D eigenvalue weighted by Crippen LogP contribution is -2.61. The van der Waals surface area contributed by atoms with Gasteiger partial charge in [0, 0.05) is 19.4 Å². The van der Waals surface area contributed by atoms with Crippen LogP contribution in [0.1, 0.15) is 78.2 Å². The molecule has 0 spiro atoms. The Balaban J connectivity index is 2.75. The zero-order valence-corrected chi connectivity index (χ0v) is 41.9. The van der Waals surface area contributed by atoms with Crippen molar-refractivity contribution in [1.29, 1.82) is 0 Å². The molecule has 1 aromatic rings. The summed E-state index contributed by atoms with van der Waals surface area (Å²) in [7, 11) is 0. The van der Waals surface area contributed by atoms with Gasteiger partial charge in [0.25, 0.3) is 0 Å². The van der Waals surface area contributed by atoms with E-state index in [1.54, 1.807) is 44.2 Å². The van der Waals surface area contributed by atoms with Crippen LogP contribution >= 0.6 is 0 Å². The fraction of sp³-hybridized carbons (Fsp3) is 0.652. The molecule has 0 saturated carbocycles. The maximum absolute atomic E-state index is 14.3. The number of aliphatic hydroxyl groups is 3. The van der Waals surface area contributed by atoms with Crippen LogP contribution in [0.2, 0.25) is 0 Å². The first kappa shape index (κ1) is 62.8. The zero-order chi connectivity index (χ0) is 54.8. The van der Waals surface area contributed by atoms with E-state index >= 15 is 0 Å². The van der Waals surface area contributed by atoms with Gasteiger partial charge in [-0.2, -0.15) is 0 Å². The number of benzene rings is 1. The lowest BCUT2D eigenvalue weighted by Gasteiger charge is -2.28. The van der Waals surface area contributed by atoms with Crippen molar-refractivity contribution < 1.29 is 63.3 Å². The maximum atomic E-state index is 14.3. The summed E-state index contributed by atoms with van der Waals surface area (Å²) in [4.78, 5) is 138. The highest BCUT2D eigenvalue weighted by Gasteiger charge is 2.37. The molecule has 27 nitrogen and oxygen atoms in total. The van der Waals surface area contributed by atoms with Crippen molar-refractivity contribution in [2.24, 2.45) is 28.9 Å². The Hall–Kier alpha value is -6.36. The topological polar surface area (TPSA) is 456 Å². The van der Waals surface area contributed by atoms with Gasteiger partial charge in [0.2, 0.25) is 59.1 Å². The molecule has 1 aliphatic heterocycles. The molecule has 11 atom stereocenters. The van der Waals surface area contributed by atoms with Crippen LogP contribution in [0.25, 0.3) is 0 Å². The van der Waals surface area contributed by atoms with Gasteiger partial charge >= 0.3 is 0 Å². The van der Waals surface area contributed by atoms with Crippen molar-refractivity contribution in [3.8, 4) is 0 Å². The fourth-order valence-electron chi connectivity index (χ4n) is 7.53. The number of hydrogen-bond acceptors (Lipinski definition) is 17. The second-order valence-electron chi connectivity index (χ2n) is 18.1. The third-order valence-corrected chi connectivity index (χ3v) is 11.5. The molecule has 410 valence electrons. The molecule has 73 heavy (non-hydrogen) atoms. The van der Waals surface area contributed by atoms with E-state index in [-0.39, 0.29) is 70.6 Å². The Kier molecular flexibility index (Phi) is 28.1. The molecule has 0 radical (unpaired) electrons. The highest BCUT2D eigenvalue weighted by molar-refractivity contribution is 5.99. The summed E-state index contributed by atoms with van der Waals surface area (Å²) in [5.74, 6) is -9.34. The summed E-state index contributed by atoms with van der Waals surface area (Å²) in [6.07, 6.45) is -4.66. The molecule has 3 unspecified atom stereocenters. The number of aliphatic hydroxyl groups excluding tert-OH is 3. The van der Waals surface area contributed by atoms with Crippen LogP contribution in [0, 0.1) is 5.92 Å². The minimum atomic E-state index is -1.67. The highest BCUT2D eigenvalue weighted by atomic mass is 16.3. The van der Waals surface area contributed by atoms with Gasteiger partial charge in [-0.15, -0.1) is 0 Å². The van der Waals surface area contributed by atoms with Gasteiger partial charge in [0.15, 0.2) is 0 Å². The van der Waals surface area contributed by atoms with Crippen LogP contribution < -0.4 is 76.1 Å². The Labute approximate surface area is 424 Å². The molecule has 10 amide bonds. The van der Waals surface area contributed by atoms with Crippen molar-refractivity contribution in [3.63, 3.8) is 0 Å². The first-order valence-electron chi connectivity index (χ1n) is 24.4. The molecule has 0 aliphatic carbocycles. The summed E-state index contributed by atoms with van der Waals surface area (Å²) in [6.45, 7) is 4.35. The Bertz CT molecular complexity index is 2000. The van der Waals surface area contributed by atoms with Crippen molar-refractivity contribution in [1.82, 2.24) is 53.2 Å². The Morgan fingerprint density at radius 1 is 0.630 bits per heavy atom. The summed E-state index contributed by atoms with van der Waals surface area (Å²) < 4.78 is 0. The molecule has 1 heterocycles. The lowest BCUT2D eigenvalue weighted by molar-refractivity contribution is -0.136. The van der Waals surface area contributed by atoms with E-state index in [0.29, 0.717) is 5.56 Å². The molecule has 21 N–H and O–H groups in total. The van der Waals surface area contributed by atoms with Gasteiger partial charge in [-0.05, 0) is 90.0 Å². The number of carbonyl (C=O) groups is 10. The first-order valence-corrected chi connectivity index (χ1v) is 24.4. The number of carbonyl (C=O) groups excluding carboxylic acids is 10. The molecule has 0 aromatic heterocycles. The molecule has 2 rings (SSSR count). The van der Waals surface area contributed by atoms with Gasteiger partial charge < -0.3 is 91.4 Å². The van der Waals surface area contributed by atoms with E-state index in [0.717, 1.165) is 0 Å². The van der Waals surface area contributed by atoms with Crippen molar-refractivity contribution in [2.45, 2.75) is 146 Å². The average Bonchev–Trinajstić information content (AvgIpc) is 3.32. The van der Waals surface area contributed by atoms with Crippen LogP contribution in [0.5, 0.6) is 0 Å². The standard InChI is InChI=1S/C46H78N14O13/c1-24(2)22-33-43(70)54-28(10-16-47)38(65)53-31(13-19-50)42(69)60-36(25(3)62)45(72)51-20-14-32(55-39(66)30(12-18-49)56-46(73)37(26(4)63)59-35(64)15-21-61)41(68)52-29(11-17-48)40(67)58-34(44(71)57-33)23-27-8-6-5-7-9-27/h5-9,24-26,28-34,36-37,61-63H,10-23,47-50H2,1-4H3,(H,51,72)(H,52,68)(H,53,65)(H,54,70)(H,55,66)(H,56,73)(H,57,71)(H,58,67)(H,59,64)(H,60,69)/t25?,26?,28-,29-,30-,31-,32-,33-,34+,36?,37-/m0/s1. The molecule has 27 heteroatoms. The largest absolute Gasteiger partial charge is 0.396 e. The Morgan fingerprint density at radius 3 is 1.62 bits per heavy atom. The Morgan fingerprint density at radius 2 is 1.12 bits per heavy atom. The van der Waals surface area contributed by atoms with Gasteiger partial charge in [-0.25, -0.2) is 0 Å². The second-order valence-corrected chi connectivity index (χ2v) is 18.1. The van der Waals surface area contributed by atoms with E-state index in [1.165, 1.54) is 13.8 Å². The average molecular weight is 1040 g/mol. The van der Waals surface area contributed by atoms with E-state index in [2.05, 4.69) is 53.2 Å². The normalized spacial score (nSPS) is 23.9. The number of amides is 10. The minimum absolute atomic E-state index is 0.0542. The predicted octanol–water partition coefficient (Wildman–Crippen LogP) is -7.30. The first-order chi connectivity index (χ1) is 34.6. The van der Waals surface area contributed by atoms with Crippen LogP contribution in [0.4, 0.5) is 0 Å². The van der Waals surface area contributed by atoms with Crippen molar-refractivity contribution in [2.75, 3.05) is 39.3 Å². The molecule has 1 fully saturated rings. The number of hydrogen-bond donors (Lipinski definition) is 17. The zero-order valence-electron chi connectivity index (χ0n) is 41.9. The van der Waals surface area contributed by atoms with Gasteiger partial charge in [-0.3, -0.25) is 47.9 Å². The summed E-state index contributed by atoms with van der Waals surface area (Å²) in [6, 6.07) is -4.75. The van der Waals surface area contributed by atoms with Crippen LogP contribution in [-0.2, 0) is 54.4 Å². The molecular formula is C46H78N14O13. The molecule has 1 aromatic carbocycles. The molecule has 1 saturated heterocycles. The van der Waals surface area contributed by atoms with Gasteiger partial charge in [0.1, 0.15) is 54.4 Å². The third kappa shape index (κ3) is 21.7. The highest BCUT2D eigenvalue weighted by Crippen LogP contribution is 2.11. The predicted molar refractivity (Wildman–Crippen MR) is 264 cm³/mol. The van der Waals surface area contributed by atoms with E-state index in [1.807, 2.05) is 0 Å². The van der Waals surface area contributed by atoms with Crippen molar-refractivity contribution in [3.05, 3.63) is 35.9 Å². The lowest BCUT2D eigenvalue weighted by atomic mass is 10.00. The van der Waals surface area contributed by atoms with Gasteiger partial charge in [-0.1, -0.05) is 44.2 Å². The minimum Gasteiger partial charge on any atom is -0.396 e. The third-order valence-electron chi connectivity index (χ3n) is 11.5. The molecule has 1 aliphatic rings. The van der Waals surface area contributed by atoms with Crippen LogP contribution in [-0.4, -0.2) is 180 Å². The monoisotopic (exact) mass is 1030 g/mol. The SMILES string of the molecule is CC(C)C[C@@H]1NC(=O)[C@@H](Cc2ccccc2)NC(=O)[C@H](CCN)NC(=O)[C@@H](NC(=O)[C@H](CCN)NC(=O)[C@@H](NC(=O)CCO)C(C)O)CCNC(=O)C(C(C)O)NC(=O)[C@H](CCN)NC(=O)[C@H](CCN)NC1=O. The smallest absolute Gasteiger partial charge is 0.245 e. The number of nitrogens with two attached hydrogens (primary N) is 4. The van der Waals surface area contributed by atoms with Gasteiger partial charge in [0.05, 0.1) is 18.8 Å². The quantitative estimate of drug-likeness (QED) is 0.0544. The summed E-state index contributed by atoms with van der Waals surface area (Å²) in [5, 5.41) is 55.2. The fourth-order valence-corrected chi connectivity index (χ4v) is 7.53. The van der Waals surface area contributed by atoms with E-state index in [9.17, 15) is 58.2 Å². The molecular weight excluding hydrogens is 957 g/mol. The van der Waals surface area contributed by atoms with E-state index < -0.39 is 152 Å². The summed E-state index contributed by atoms with van der Waals surface area (Å²) in [5.41, 5.74) is 23.9. The maximum Gasteiger partial charge on any atom is 0.245 e. The summed E-state index contributed by atoms with van der Waals surface area (Å²) >= 11 is 0.